The lowest BCUT2D eigenvalue weighted by Gasteiger charge is -2.14. The number of aliphatic hydroxyl groups is 1. The summed E-state index contributed by atoms with van der Waals surface area (Å²) in [7, 11) is -3.38. The SMILES string of the molecule is CS(=O)(=O)c1ncc(CO)n1C[C@@H]1CCCO1. The second-order valence-corrected chi connectivity index (χ2v) is 6.12. The largest absolute Gasteiger partial charge is 0.390 e. The van der Waals surface area contributed by atoms with Crippen LogP contribution in [-0.2, 0) is 27.7 Å². The topological polar surface area (TPSA) is 81.4 Å². The van der Waals surface area contributed by atoms with Gasteiger partial charge in [-0.2, -0.15) is 0 Å². The number of aromatic nitrogens is 2. The number of aliphatic hydroxyl groups excluding tert-OH is 1. The first-order valence-corrected chi connectivity index (χ1v) is 7.38. The van der Waals surface area contributed by atoms with Crippen LogP contribution in [0.4, 0.5) is 0 Å². The first kappa shape index (κ1) is 12.5. The number of rotatable bonds is 4. The highest BCUT2D eigenvalue weighted by atomic mass is 32.2. The van der Waals surface area contributed by atoms with Gasteiger partial charge in [0, 0.05) is 12.9 Å². The minimum absolute atomic E-state index is 0.00273. The summed E-state index contributed by atoms with van der Waals surface area (Å²) in [4.78, 5) is 3.86. The summed E-state index contributed by atoms with van der Waals surface area (Å²) in [5.41, 5.74) is 0.501. The molecule has 0 aliphatic carbocycles. The Hall–Kier alpha value is -0.920. The van der Waals surface area contributed by atoms with Crippen molar-refractivity contribution in [1.29, 1.82) is 0 Å². The van der Waals surface area contributed by atoms with Gasteiger partial charge in [-0.05, 0) is 12.8 Å². The summed E-state index contributed by atoms with van der Waals surface area (Å²) in [6, 6.07) is 0. The molecule has 2 rings (SSSR count). The van der Waals surface area contributed by atoms with Gasteiger partial charge in [0.1, 0.15) is 0 Å². The molecular weight excluding hydrogens is 244 g/mol. The van der Waals surface area contributed by atoms with E-state index in [-0.39, 0.29) is 17.9 Å². The predicted octanol–water partition coefficient (Wildman–Crippen LogP) is -0.0421. The van der Waals surface area contributed by atoms with E-state index in [0.717, 1.165) is 19.1 Å². The van der Waals surface area contributed by atoms with Crippen LogP contribution in [0.2, 0.25) is 0 Å². The summed E-state index contributed by atoms with van der Waals surface area (Å²) in [6.07, 6.45) is 4.41. The van der Waals surface area contributed by atoms with Gasteiger partial charge < -0.3 is 14.4 Å². The van der Waals surface area contributed by atoms with Gasteiger partial charge in [-0.25, -0.2) is 13.4 Å². The van der Waals surface area contributed by atoms with Crippen molar-refractivity contribution in [1.82, 2.24) is 9.55 Å². The van der Waals surface area contributed by atoms with Gasteiger partial charge in [0.25, 0.3) is 0 Å². The summed E-state index contributed by atoms with van der Waals surface area (Å²) in [5, 5.41) is 9.17. The van der Waals surface area contributed by atoms with E-state index in [0.29, 0.717) is 18.8 Å². The van der Waals surface area contributed by atoms with Crippen LogP contribution in [-0.4, -0.2) is 42.0 Å². The zero-order valence-corrected chi connectivity index (χ0v) is 10.5. The molecule has 0 bridgehead atoms. The predicted molar refractivity (Wildman–Crippen MR) is 60.2 cm³/mol. The number of imidazole rings is 1. The number of sulfone groups is 1. The molecule has 0 aromatic carbocycles. The fraction of sp³-hybridized carbons (Fsp3) is 0.700. The molecule has 17 heavy (non-hydrogen) atoms. The zero-order valence-electron chi connectivity index (χ0n) is 9.66. The summed E-state index contributed by atoms with van der Waals surface area (Å²) >= 11 is 0. The minimum atomic E-state index is -3.38. The normalized spacial score (nSPS) is 20.9. The molecule has 6 nitrogen and oxygen atoms in total. The van der Waals surface area contributed by atoms with E-state index in [2.05, 4.69) is 4.98 Å². The Balaban J connectivity index is 2.31. The highest BCUT2D eigenvalue weighted by Crippen LogP contribution is 2.18. The molecule has 2 heterocycles. The molecule has 1 aliphatic rings. The van der Waals surface area contributed by atoms with Gasteiger partial charge >= 0.3 is 0 Å². The maximum atomic E-state index is 11.6. The molecular formula is C10H16N2O4S. The highest BCUT2D eigenvalue weighted by Gasteiger charge is 2.23. The average molecular weight is 260 g/mol. The van der Waals surface area contributed by atoms with E-state index >= 15 is 0 Å². The Morgan fingerprint density at radius 2 is 2.41 bits per heavy atom. The van der Waals surface area contributed by atoms with Crippen molar-refractivity contribution in [2.45, 2.75) is 37.3 Å². The molecule has 0 spiro atoms. The van der Waals surface area contributed by atoms with Gasteiger partial charge in [-0.1, -0.05) is 0 Å². The molecule has 7 heteroatoms. The van der Waals surface area contributed by atoms with Crippen LogP contribution in [0.3, 0.4) is 0 Å². The van der Waals surface area contributed by atoms with Crippen LogP contribution < -0.4 is 0 Å². The Morgan fingerprint density at radius 1 is 1.65 bits per heavy atom. The first-order chi connectivity index (χ1) is 8.02. The monoisotopic (exact) mass is 260 g/mol. The zero-order chi connectivity index (χ0) is 12.5. The van der Waals surface area contributed by atoms with Crippen molar-refractivity contribution in [3.8, 4) is 0 Å². The van der Waals surface area contributed by atoms with Crippen LogP contribution in [0.1, 0.15) is 18.5 Å². The lowest BCUT2D eigenvalue weighted by molar-refractivity contribution is 0.0929. The summed E-state index contributed by atoms with van der Waals surface area (Å²) < 4.78 is 30.1. The molecule has 1 fully saturated rings. The van der Waals surface area contributed by atoms with Crippen LogP contribution in [0, 0.1) is 0 Å². The third kappa shape index (κ3) is 2.67. The molecule has 96 valence electrons. The molecule has 1 aromatic heterocycles. The van der Waals surface area contributed by atoms with Gasteiger partial charge in [0.2, 0.25) is 15.0 Å². The average Bonchev–Trinajstić information content (AvgIpc) is 2.86. The Kier molecular flexibility index (Phi) is 3.50. The lowest BCUT2D eigenvalue weighted by Crippen LogP contribution is -2.20. The third-order valence-corrected chi connectivity index (χ3v) is 3.79. The molecule has 1 aromatic rings. The lowest BCUT2D eigenvalue weighted by atomic mass is 10.2. The number of hydrogen-bond donors (Lipinski definition) is 1. The van der Waals surface area contributed by atoms with Crippen molar-refractivity contribution >= 4 is 9.84 Å². The van der Waals surface area contributed by atoms with Crippen LogP contribution >= 0.6 is 0 Å². The standard InChI is InChI=1S/C10H16N2O4S/c1-17(14,15)10-11-5-8(7-13)12(10)6-9-3-2-4-16-9/h5,9,13H,2-4,6-7H2,1H3/t9-/m0/s1. The smallest absolute Gasteiger partial charge is 0.227 e. The van der Waals surface area contributed by atoms with Gasteiger partial charge in [0.15, 0.2) is 0 Å². The van der Waals surface area contributed by atoms with Crippen molar-refractivity contribution in [3.63, 3.8) is 0 Å². The molecule has 1 atom stereocenters. The highest BCUT2D eigenvalue weighted by molar-refractivity contribution is 7.90. The van der Waals surface area contributed by atoms with E-state index in [1.165, 1.54) is 10.8 Å². The molecule has 1 saturated heterocycles. The van der Waals surface area contributed by atoms with E-state index in [9.17, 15) is 13.5 Å². The molecule has 0 unspecified atom stereocenters. The van der Waals surface area contributed by atoms with Crippen molar-refractivity contribution in [2.75, 3.05) is 12.9 Å². The third-order valence-electron chi connectivity index (χ3n) is 2.81. The van der Waals surface area contributed by atoms with E-state index in [1.807, 2.05) is 0 Å². The van der Waals surface area contributed by atoms with Gasteiger partial charge in [0.05, 0.1) is 31.1 Å². The van der Waals surface area contributed by atoms with Crippen molar-refractivity contribution < 1.29 is 18.3 Å². The van der Waals surface area contributed by atoms with Crippen LogP contribution in [0.15, 0.2) is 11.4 Å². The number of hydrogen-bond acceptors (Lipinski definition) is 5. The summed E-state index contributed by atoms with van der Waals surface area (Å²) in [6.45, 7) is 0.912. The molecule has 0 amide bonds. The molecule has 1 aliphatic heterocycles. The van der Waals surface area contributed by atoms with Crippen molar-refractivity contribution in [2.24, 2.45) is 0 Å². The maximum absolute atomic E-state index is 11.6. The van der Waals surface area contributed by atoms with E-state index in [1.54, 1.807) is 0 Å². The van der Waals surface area contributed by atoms with E-state index < -0.39 is 9.84 Å². The number of ether oxygens (including phenoxy) is 1. The van der Waals surface area contributed by atoms with E-state index in [4.69, 9.17) is 4.74 Å². The van der Waals surface area contributed by atoms with Gasteiger partial charge in [-0.3, -0.25) is 0 Å². The molecule has 0 radical (unpaired) electrons. The Morgan fingerprint density at radius 3 is 2.94 bits per heavy atom. The fourth-order valence-electron chi connectivity index (χ4n) is 2.00. The maximum Gasteiger partial charge on any atom is 0.227 e. The van der Waals surface area contributed by atoms with Crippen LogP contribution in [0.25, 0.3) is 0 Å². The number of nitrogens with zero attached hydrogens (tertiary/aromatic N) is 2. The summed E-state index contributed by atoms with van der Waals surface area (Å²) in [5.74, 6) is 0. The second kappa shape index (κ2) is 4.75. The molecule has 0 saturated carbocycles. The quantitative estimate of drug-likeness (QED) is 0.821. The Bertz CT molecular complexity index is 488. The minimum Gasteiger partial charge on any atom is -0.390 e. The first-order valence-electron chi connectivity index (χ1n) is 5.49. The Labute approximate surface area is 100 Å². The van der Waals surface area contributed by atoms with Gasteiger partial charge in [-0.15, -0.1) is 0 Å². The van der Waals surface area contributed by atoms with Crippen LogP contribution in [0.5, 0.6) is 0 Å². The van der Waals surface area contributed by atoms with Crippen molar-refractivity contribution in [3.05, 3.63) is 11.9 Å². The second-order valence-electron chi connectivity index (χ2n) is 4.21. The fourth-order valence-corrected chi connectivity index (χ4v) is 2.84. The molecule has 1 N–H and O–H groups in total.